The molecule has 0 saturated carbocycles. The SMILES string of the molecule is Cc1noc(C)c1CNC(=O)C(C)(N)c1ccc(Br)cc1.Cl. The molecular formula is C15H19BrClN3O2. The number of nitrogens with one attached hydrogen (secondary N) is 1. The smallest absolute Gasteiger partial charge is 0.244 e. The van der Waals surface area contributed by atoms with Gasteiger partial charge in [-0.2, -0.15) is 0 Å². The maximum absolute atomic E-state index is 12.4. The Morgan fingerprint density at radius 2 is 1.95 bits per heavy atom. The maximum Gasteiger partial charge on any atom is 0.244 e. The molecule has 0 saturated heterocycles. The normalized spacial score (nSPS) is 13.1. The molecule has 0 spiro atoms. The standard InChI is InChI=1S/C15H18BrN3O2.ClH/c1-9-13(10(2)21-19-9)8-18-14(20)15(3,17)11-4-6-12(16)7-5-11;/h4-7H,8,17H2,1-3H3,(H,18,20);1H. The first-order valence-corrected chi connectivity index (χ1v) is 7.36. The fourth-order valence-corrected chi connectivity index (χ4v) is 2.30. The number of hydrogen-bond acceptors (Lipinski definition) is 4. The van der Waals surface area contributed by atoms with Crippen LogP contribution in [0.15, 0.2) is 33.3 Å². The van der Waals surface area contributed by atoms with Gasteiger partial charge in [0.15, 0.2) is 0 Å². The minimum absolute atomic E-state index is 0. The summed E-state index contributed by atoms with van der Waals surface area (Å²) in [5.41, 5.74) is 7.49. The van der Waals surface area contributed by atoms with Gasteiger partial charge in [-0.05, 0) is 38.5 Å². The number of hydrogen-bond donors (Lipinski definition) is 2. The van der Waals surface area contributed by atoms with Gasteiger partial charge in [0.1, 0.15) is 11.3 Å². The number of nitrogens with two attached hydrogens (primary N) is 1. The van der Waals surface area contributed by atoms with E-state index in [2.05, 4.69) is 26.4 Å². The number of aromatic nitrogens is 1. The van der Waals surface area contributed by atoms with Gasteiger partial charge < -0.3 is 15.6 Å². The number of halogens is 2. The van der Waals surface area contributed by atoms with Crippen LogP contribution in [0.2, 0.25) is 0 Å². The van der Waals surface area contributed by atoms with Crippen molar-refractivity contribution in [2.24, 2.45) is 5.73 Å². The summed E-state index contributed by atoms with van der Waals surface area (Å²) in [5.74, 6) is 0.458. The van der Waals surface area contributed by atoms with Gasteiger partial charge in [0, 0.05) is 16.6 Å². The first kappa shape index (κ1) is 18.7. The van der Waals surface area contributed by atoms with Crippen LogP contribution in [0, 0.1) is 13.8 Å². The van der Waals surface area contributed by atoms with Gasteiger partial charge in [0.25, 0.3) is 0 Å². The molecule has 0 radical (unpaired) electrons. The van der Waals surface area contributed by atoms with E-state index in [9.17, 15) is 4.79 Å². The molecule has 2 aromatic rings. The monoisotopic (exact) mass is 387 g/mol. The highest BCUT2D eigenvalue weighted by Crippen LogP contribution is 2.21. The predicted molar refractivity (Wildman–Crippen MR) is 90.8 cm³/mol. The number of carbonyl (C=O) groups is 1. The molecule has 0 aliphatic carbocycles. The summed E-state index contributed by atoms with van der Waals surface area (Å²) in [4.78, 5) is 12.4. The van der Waals surface area contributed by atoms with Crippen LogP contribution in [0.3, 0.4) is 0 Å². The Hall–Kier alpha value is -1.37. The van der Waals surface area contributed by atoms with E-state index in [0.29, 0.717) is 12.3 Å². The van der Waals surface area contributed by atoms with Crippen LogP contribution < -0.4 is 11.1 Å². The first-order chi connectivity index (χ1) is 9.82. The van der Waals surface area contributed by atoms with Crippen molar-refractivity contribution in [1.82, 2.24) is 10.5 Å². The molecule has 22 heavy (non-hydrogen) atoms. The topological polar surface area (TPSA) is 81.2 Å². The van der Waals surface area contributed by atoms with E-state index in [-0.39, 0.29) is 18.3 Å². The van der Waals surface area contributed by atoms with Gasteiger partial charge >= 0.3 is 0 Å². The third kappa shape index (κ3) is 3.88. The summed E-state index contributed by atoms with van der Waals surface area (Å²) in [6.45, 7) is 5.70. The number of amides is 1. The van der Waals surface area contributed by atoms with Gasteiger partial charge in [0.05, 0.1) is 5.69 Å². The lowest BCUT2D eigenvalue weighted by atomic mass is 9.92. The molecule has 0 fully saturated rings. The van der Waals surface area contributed by atoms with Crippen molar-refractivity contribution in [1.29, 1.82) is 0 Å². The second-order valence-electron chi connectivity index (χ2n) is 5.19. The lowest BCUT2D eigenvalue weighted by molar-refractivity contribution is -0.126. The zero-order valence-corrected chi connectivity index (χ0v) is 15.0. The van der Waals surface area contributed by atoms with Gasteiger partial charge in [0.2, 0.25) is 5.91 Å². The molecule has 1 atom stereocenters. The quantitative estimate of drug-likeness (QED) is 0.843. The molecule has 1 heterocycles. The highest BCUT2D eigenvalue weighted by Gasteiger charge is 2.30. The van der Waals surface area contributed by atoms with Gasteiger partial charge in [-0.3, -0.25) is 4.79 Å². The highest BCUT2D eigenvalue weighted by atomic mass is 79.9. The van der Waals surface area contributed by atoms with Crippen LogP contribution in [0.1, 0.15) is 29.5 Å². The minimum Gasteiger partial charge on any atom is -0.361 e. The molecule has 5 nitrogen and oxygen atoms in total. The lowest BCUT2D eigenvalue weighted by Gasteiger charge is -2.24. The Labute approximate surface area is 144 Å². The van der Waals surface area contributed by atoms with Crippen molar-refractivity contribution < 1.29 is 9.32 Å². The van der Waals surface area contributed by atoms with Crippen LogP contribution in [0.25, 0.3) is 0 Å². The van der Waals surface area contributed by atoms with E-state index in [1.165, 1.54) is 0 Å². The van der Waals surface area contributed by atoms with Crippen LogP contribution in [-0.2, 0) is 16.9 Å². The van der Waals surface area contributed by atoms with E-state index in [0.717, 1.165) is 21.3 Å². The lowest BCUT2D eigenvalue weighted by Crippen LogP contribution is -2.48. The summed E-state index contributed by atoms with van der Waals surface area (Å²) in [5, 5.41) is 6.71. The number of nitrogens with zero attached hydrogens (tertiary/aromatic N) is 1. The molecule has 0 aliphatic rings. The molecule has 1 aromatic heterocycles. The van der Waals surface area contributed by atoms with E-state index >= 15 is 0 Å². The van der Waals surface area contributed by atoms with Crippen molar-refractivity contribution in [3.63, 3.8) is 0 Å². The number of benzene rings is 1. The summed E-state index contributed by atoms with van der Waals surface area (Å²) in [7, 11) is 0. The number of rotatable bonds is 4. The Morgan fingerprint density at radius 3 is 2.45 bits per heavy atom. The van der Waals surface area contributed by atoms with Gasteiger partial charge in [-0.25, -0.2) is 0 Å². The zero-order valence-electron chi connectivity index (χ0n) is 12.6. The van der Waals surface area contributed by atoms with Crippen molar-refractivity contribution in [2.75, 3.05) is 0 Å². The summed E-state index contributed by atoms with van der Waals surface area (Å²) < 4.78 is 6.02. The van der Waals surface area contributed by atoms with Crippen molar-refractivity contribution in [2.45, 2.75) is 32.9 Å². The second kappa shape index (κ2) is 7.26. The fraction of sp³-hybridized carbons (Fsp3) is 0.333. The summed E-state index contributed by atoms with van der Waals surface area (Å²) >= 11 is 3.36. The molecule has 0 bridgehead atoms. The molecule has 3 N–H and O–H groups in total. The average molecular weight is 389 g/mol. The molecule has 2 rings (SSSR count). The third-order valence-corrected chi connectivity index (χ3v) is 4.05. The summed E-state index contributed by atoms with van der Waals surface area (Å²) in [6.07, 6.45) is 0. The number of aryl methyl sites for hydroxylation is 2. The molecule has 7 heteroatoms. The Morgan fingerprint density at radius 1 is 1.36 bits per heavy atom. The van der Waals surface area contributed by atoms with Crippen molar-refractivity contribution >= 4 is 34.2 Å². The predicted octanol–water partition coefficient (Wildman–Crippen LogP) is 2.97. The maximum atomic E-state index is 12.4. The Bertz CT molecular complexity index is 634. The van der Waals surface area contributed by atoms with E-state index < -0.39 is 5.54 Å². The largest absolute Gasteiger partial charge is 0.361 e. The molecule has 1 aromatic carbocycles. The second-order valence-corrected chi connectivity index (χ2v) is 6.11. The Balaban J connectivity index is 0.00000242. The van der Waals surface area contributed by atoms with Gasteiger partial charge in [-0.1, -0.05) is 33.2 Å². The summed E-state index contributed by atoms with van der Waals surface area (Å²) in [6, 6.07) is 7.39. The average Bonchev–Trinajstić information content (AvgIpc) is 2.76. The van der Waals surface area contributed by atoms with Crippen LogP contribution in [-0.4, -0.2) is 11.1 Å². The van der Waals surface area contributed by atoms with E-state index in [4.69, 9.17) is 10.3 Å². The van der Waals surface area contributed by atoms with Gasteiger partial charge in [-0.15, -0.1) is 12.4 Å². The van der Waals surface area contributed by atoms with Crippen molar-refractivity contribution in [3.8, 4) is 0 Å². The van der Waals surface area contributed by atoms with E-state index in [1.807, 2.05) is 38.1 Å². The van der Waals surface area contributed by atoms with Crippen LogP contribution in [0.5, 0.6) is 0 Å². The first-order valence-electron chi connectivity index (χ1n) is 6.57. The highest BCUT2D eigenvalue weighted by molar-refractivity contribution is 9.10. The fourth-order valence-electron chi connectivity index (χ4n) is 2.03. The molecule has 120 valence electrons. The van der Waals surface area contributed by atoms with Crippen molar-refractivity contribution in [3.05, 3.63) is 51.3 Å². The molecular weight excluding hydrogens is 370 g/mol. The third-order valence-electron chi connectivity index (χ3n) is 3.52. The van der Waals surface area contributed by atoms with Crippen LogP contribution in [0.4, 0.5) is 0 Å². The van der Waals surface area contributed by atoms with E-state index in [1.54, 1.807) is 6.92 Å². The molecule has 1 amide bonds. The zero-order chi connectivity index (χ0) is 15.6. The molecule has 1 unspecified atom stereocenters. The number of carbonyl (C=O) groups excluding carboxylic acids is 1. The Kier molecular flexibility index (Phi) is 6.17. The van der Waals surface area contributed by atoms with Crippen LogP contribution >= 0.6 is 28.3 Å². The minimum atomic E-state index is -1.10. The molecule has 0 aliphatic heterocycles.